The highest BCUT2D eigenvalue weighted by Gasteiger charge is 2.37. The third-order valence-electron chi connectivity index (χ3n) is 3.15. The second-order valence-electron chi connectivity index (χ2n) is 4.65. The molecule has 19 heavy (non-hydrogen) atoms. The molecule has 5 heteroatoms. The molecule has 1 atom stereocenters. The summed E-state index contributed by atoms with van der Waals surface area (Å²) in [5.74, 6) is -0.00665. The molecule has 1 unspecified atom stereocenters. The van der Waals surface area contributed by atoms with E-state index in [1.807, 2.05) is 0 Å². The molecule has 1 fully saturated rings. The Balaban J connectivity index is 2.14. The van der Waals surface area contributed by atoms with Crippen LogP contribution in [0.3, 0.4) is 0 Å². The molecule has 0 heterocycles. The van der Waals surface area contributed by atoms with E-state index in [9.17, 15) is 18.0 Å². The summed E-state index contributed by atoms with van der Waals surface area (Å²) in [6.07, 6.45) is -3.01. The Morgan fingerprint density at radius 1 is 1.32 bits per heavy atom. The normalized spacial score (nSPS) is 17.3. The summed E-state index contributed by atoms with van der Waals surface area (Å²) in [5.41, 5.74) is -0.471. The van der Waals surface area contributed by atoms with Gasteiger partial charge in [-0.1, -0.05) is 12.1 Å². The van der Waals surface area contributed by atoms with Crippen LogP contribution >= 0.6 is 0 Å². The van der Waals surface area contributed by atoms with Crippen molar-refractivity contribution < 1.29 is 22.7 Å². The first kappa shape index (κ1) is 14.1. The van der Waals surface area contributed by atoms with E-state index in [0.29, 0.717) is 6.61 Å². The number of carbonyl (C=O) groups excluding carboxylic acids is 1. The molecule has 2 rings (SSSR count). The van der Waals surface area contributed by atoms with Crippen molar-refractivity contribution in [3.63, 3.8) is 0 Å². The average molecular weight is 272 g/mol. The van der Waals surface area contributed by atoms with Crippen LogP contribution in [0.4, 0.5) is 13.2 Å². The second-order valence-corrected chi connectivity index (χ2v) is 4.65. The number of hydrogen-bond acceptors (Lipinski definition) is 2. The number of benzene rings is 1. The van der Waals surface area contributed by atoms with E-state index in [4.69, 9.17) is 4.74 Å². The Labute approximate surface area is 109 Å². The lowest BCUT2D eigenvalue weighted by Crippen LogP contribution is -2.26. The van der Waals surface area contributed by atoms with Gasteiger partial charge >= 0.3 is 6.18 Å². The fraction of sp³-hybridized carbons (Fsp3) is 0.500. The first-order chi connectivity index (χ1) is 8.93. The number of ketones is 1. The monoisotopic (exact) mass is 272 g/mol. The summed E-state index contributed by atoms with van der Waals surface area (Å²) in [5, 5.41) is 0. The number of rotatable bonds is 5. The summed E-state index contributed by atoms with van der Waals surface area (Å²) in [4.78, 5) is 12.2. The van der Waals surface area contributed by atoms with Crippen molar-refractivity contribution >= 4 is 5.78 Å². The summed E-state index contributed by atoms with van der Waals surface area (Å²) in [6.45, 7) is 2.23. The predicted molar refractivity (Wildman–Crippen MR) is 63.9 cm³/mol. The van der Waals surface area contributed by atoms with Gasteiger partial charge in [0, 0.05) is 12.2 Å². The van der Waals surface area contributed by atoms with Crippen molar-refractivity contribution in [2.24, 2.45) is 5.92 Å². The maximum Gasteiger partial charge on any atom is 0.416 e. The van der Waals surface area contributed by atoms with Crippen LogP contribution in [0, 0.1) is 5.92 Å². The van der Waals surface area contributed by atoms with Crippen LogP contribution in [0.2, 0.25) is 0 Å². The Bertz CT molecular complexity index is 447. The zero-order valence-corrected chi connectivity index (χ0v) is 10.5. The van der Waals surface area contributed by atoms with E-state index < -0.39 is 17.8 Å². The van der Waals surface area contributed by atoms with E-state index in [1.165, 1.54) is 12.1 Å². The molecule has 104 valence electrons. The highest BCUT2D eigenvalue weighted by Crippen LogP contribution is 2.36. The van der Waals surface area contributed by atoms with E-state index in [2.05, 4.69) is 0 Å². The number of halogens is 3. The van der Waals surface area contributed by atoms with Crippen molar-refractivity contribution in [1.82, 2.24) is 0 Å². The fourth-order valence-corrected chi connectivity index (χ4v) is 1.99. The summed E-state index contributed by atoms with van der Waals surface area (Å²) >= 11 is 0. The second kappa shape index (κ2) is 5.33. The number of carbonyl (C=O) groups is 1. The molecule has 2 nitrogen and oxygen atoms in total. The molecule has 0 N–H and O–H groups in total. The molecule has 1 aliphatic rings. The SMILES string of the molecule is CCOC(C(=O)c1ccc(C(F)(F)F)cc1)C1CC1. The van der Waals surface area contributed by atoms with Crippen molar-refractivity contribution in [3.8, 4) is 0 Å². The lowest BCUT2D eigenvalue weighted by Gasteiger charge is -2.15. The molecular weight excluding hydrogens is 257 g/mol. The van der Waals surface area contributed by atoms with Gasteiger partial charge in [-0.05, 0) is 37.8 Å². The number of hydrogen-bond donors (Lipinski definition) is 0. The number of alkyl halides is 3. The van der Waals surface area contributed by atoms with Crippen molar-refractivity contribution in [1.29, 1.82) is 0 Å². The molecule has 0 aromatic heterocycles. The van der Waals surface area contributed by atoms with Gasteiger partial charge in [0.15, 0.2) is 5.78 Å². The van der Waals surface area contributed by atoms with Crippen LogP contribution in [-0.2, 0) is 10.9 Å². The Kier molecular flexibility index (Phi) is 3.94. The lowest BCUT2D eigenvalue weighted by atomic mass is 10.0. The Morgan fingerprint density at radius 3 is 2.32 bits per heavy atom. The highest BCUT2D eigenvalue weighted by molar-refractivity contribution is 5.99. The maximum atomic E-state index is 12.4. The van der Waals surface area contributed by atoms with Crippen LogP contribution < -0.4 is 0 Å². The molecule has 0 amide bonds. The smallest absolute Gasteiger partial charge is 0.370 e. The Hall–Kier alpha value is -1.36. The molecule has 0 aliphatic heterocycles. The third kappa shape index (κ3) is 3.35. The van der Waals surface area contributed by atoms with Crippen LogP contribution in [0.1, 0.15) is 35.7 Å². The van der Waals surface area contributed by atoms with Crippen LogP contribution in [-0.4, -0.2) is 18.5 Å². The molecule has 0 saturated heterocycles. The van der Waals surface area contributed by atoms with E-state index in [1.54, 1.807) is 6.92 Å². The van der Waals surface area contributed by atoms with Crippen molar-refractivity contribution in [3.05, 3.63) is 35.4 Å². The zero-order chi connectivity index (χ0) is 14.0. The van der Waals surface area contributed by atoms with Gasteiger partial charge in [-0.15, -0.1) is 0 Å². The standard InChI is InChI=1S/C14H15F3O2/c1-2-19-13(10-3-4-10)12(18)9-5-7-11(8-6-9)14(15,16)17/h5-8,10,13H,2-4H2,1H3. The first-order valence-corrected chi connectivity index (χ1v) is 6.26. The lowest BCUT2D eigenvalue weighted by molar-refractivity contribution is -0.137. The minimum Gasteiger partial charge on any atom is -0.370 e. The average Bonchev–Trinajstić information content (AvgIpc) is 3.18. The van der Waals surface area contributed by atoms with Crippen LogP contribution in [0.5, 0.6) is 0 Å². The molecule has 1 aliphatic carbocycles. The van der Waals surface area contributed by atoms with Crippen molar-refractivity contribution in [2.45, 2.75) is 32.0 Å². The number of Topliss-reactive ketones (excluding diaryl/α,β-unsaturated/α-hetero) is 1. The molecule has 0 radical (unpaired) electrons. The van der Waals surface area contributed by atoms with Gasteiger partial charge in [0.1, 0.15) is 6.10 Å². The van der Waals surface area contributed by atoms with E-state index in [-0.39, 0.29) is 17.3 Å². The van der Waals surface area contributed by atoms with E-state index in [0.717, 1.165) is 25.0 Å². The van der Waals surface area contributed by atoms with Gasteiger partial charge in [0.25, 0.3) is 0 Å². The minimum atomic E-state index is -4.38. The summed E-state index contributed by atoms with van der Waals surface area (Å²) in [7, 11) is 0. The van der Waals surface area contributed by atoms with Gasteiger partial charge in [0.2, 0.25) is 0 Å². The fourth-order valence-electron chi connectivity index (χ4n) is 1.99. The van der Waals surface area contributed by atoms with Gasteiger partial charge < -0.3 is 4.74 Å². The molecular formula is C14H15F3O2. The summed E-state index contributed by atoms with van der Waals surface area (Å²) in [6, 6.07) is 4.31. The molecule has 0 bridgehead atoms. The van der Waals surface area contributed by atoms with Gasteiger partial charge in [-0.25, -0.2) is 0 Å². The van der Waals surface area contributed by atoms with Crippen LogP contribution in [0.25, 0.3) is 0 Å². The highest BCUT2D eigenvalue weighted by atomic mass is 19.4. The quantitative estimate of drug-likeness (QED) is 0.764. The minimum absolute atomic E-state index is 0.217. The topological polar surface area (TPSA) is 26.3 Å². The number of ether oxygens (including phenoxy) is 1. The third-order valence-corrected chi connectivity index (χ3v) is 3.15. The predicted octanol–water partition coefficient (Wildman–Crippen LogP) is 3.70. The zero-order valence-electron chi connectivity index (χ0n) is 10.5. The molecule has 1 aromatic rings. The molecule has 0 spiro atoms. The first-order valence-electron chi connectivity index (χ1n) is 6.26. The van der Waals surface area contributed by atoms with E-state index >= 15 is 0 Å². The largest absolute Gasteiger partial charge is 0.416 e. The van der Waals surface area contributed by atoms with Crippen LogP contribution in [0.15, 0.2) is 24.3 Å². The molecule has 1 aromatic carbocycles. The Morgan fingerprint density at radius 2 is 1.89 bits per heavy atom. The van der Waals surface area contributed by atoms with Gasteiger partial charge in [-0.3, -0.25) is 4.79 Å². The molecule has 1 saturated carbocycles. The van der Waals surface area contributed by atoms with Crippen molar-refractivity contribution in [2.75, 3.05) is 6.61 Å². The summed E-state index contributed by atoms with van der Waals surface area (Å²) < 4.78 is 42.7. The van der Waals surface area contributed by atoms with Gasteiger partial charge in [0.05, 0.1) is 5.56 Å². The van der Waals surface area contributed by atoms with Gasteiger partial charge in [-0.2, -0.15) is 13.2 Å². The maximum absolute atomic E-state index is 12.4.